The van der Waals surface area contributed by atoms with Gasteiger partial charge in [0.05, 0.1) is 11.3 Å². The molecule has 0 saturated carbocycles. The molecule has 1 unspecified atom stereocenters. The average Bonchev–Trinajstić information content (AvgIpc) is 2.99. The molecule has 2 aliphatic heterocycles. The molecule has 5 nitrogen and oxygen atoms in total. The standard InChI is InChI=1S/C14H16N2O3/c1-15-12-6-10(16-5-4-9(7-16)8-17)2-3-11(12)13(18)14(15)19/h2-3,6,9,17H,4-5,7-8H2,1H3. The SMILES string of the molecule is CN1C(=O)C(=O)c2ccc(N3CCC(CO)C3)cc21. The van der Waals surface area contributed by atoms with Gasteiger partial charge in [0.2, 0.25) is 0 Å². The Morgan fingerprint density at radius 3 is 2.84 bits per heavy atom. The number of benzene rings is 1. The van der Waals surface area contributed by atoms with Crippen LogP contribution in [0.1, 0.15) is 16.8 Å². The van der Waals surface area contributed by atoms with E-state index in [9.17, 15) is 14.7 Å². The maximum atomic E-state index is 11.7. The molecule has 2 heterocycles. The molecule has 0 aliphatic carbocycles. The van der Waals surface area contributed by atoms with Crippen molar-refractivity contribution in [1.29, 1.82) is 0 Å². The number of carbonyl (C=O) groups is 2. The summed E-state index contributed by atoms with van der Waals surface area (Å²) in [5.74, 6) is -0.588. The fourth-order valence-corrected chi connectivity index (χ4v) is 2.78. The minimum Gasteiger partial charge on any atom is -0.396 e. The Morgan fingerprint density at radius 1 is 1.37 bits per heavy atom. The van der Waals surface area contributed by atoms with Gasteiger partial charge in [-0.05, 0) is 24.6 Å². The first kappa shape index (κ1) is 12.2. The summed E-state index contributed by atoms with van der Waals surface area (Å²) in [4.78, 5) is 26.9. The van der Waals surface area contributed by atoms with E-state index >= 15 is 0 Å². The van der Waals surface area contributed by atoms with E-state index in [1.54, 1.807) is 13.1 Å². The lowest BCUT2D eigenvalue weighted by Gasteiger charge is -2.20. The Balaban J connectivity index is 1.91. The van der Waals surface area contributed by atoms with Gasteiger partial charge < -0.3 is 14.9 Å². The zero-order valence-electron chi connectivity index (χ0n) is 10.8. The Morgan fingerprint density at radius 2 is 2.16 bits per heavy atom. The number of fused-ring (bicyclic) bond motifs is 1. The lowest BCUT2D eigenvalue weighted by molar-refractivity contribution is -0.114. The number of aliphatic hydroxyl groups excluding tert-OH is 1. The first-order valence-corrected chi connectivity index (χ1v) is 6.44. The molecular formula is C14H16N2O3. The van der Waals surface area contributed by atoms with E-state index in [4.69, 9.17) is 0 Å². The maximum absolute atomic E-state index is 11.7. The van der Waals surface area contributed by atoms with Gasteiger partial charge >= 0.3 is 0 Å². The lowest BCUT2D eigenvalue weighted by Crippen LogP contribution is -2.25. The van der Waals surface area contributed by atoms with Crippen LogP contribution >= 0.6 is 0 Å². The summed E-state index contributed by atoms with van der Waals surface area (Å²) in [5, 5.41) is 9.17. The molecule has 1 N–H and O–H groups in total. The second kappa shape index (κ2) is 4.35. The summed E-state index contributed by atoms with van der Waals surface area (Å²) >= 11 is 0. The zero-order chi connectivity index (χ0) is 13.6. The van der Waals surface area contributed by atoms with Crippen LogP contribution in [0.15, 0.2) is 18.2 Å². The van der Waals surface area contributed by atoms with E-state index in [1.165, 1.54) is 4.90 Å². The quantitative estimate of drug-likeness (QED) is 0.794. The van der Waals surface area contributed by atoms with Crippen LogP contribution in [0.25, 0.3) is 0 Å². The molecule has 0 radical (unpaired) electrons. The molecule has 0 aromatic heterocycles. The Hall–Kier alpha value is -1.88. The molecule has 1 aromatic carbocycles. The molecule has 1 atom stereocenters. The Kier molecular flexibility index (Phi) is 2.78. The summed E-state index contributed by atoms with van der Waals surface area (Å²) in [6, 6.07) is 5.49. The highest BCUT2D eigenvalue weighted by atomic mass is 16.3. The van der Waals surface area contributed by atoms with Crippen LogP contribution in [-0.2, 0) is 4.79 Å². The lowest BCUT2D eigenvalue weighted by atomic mass is 10.1. The van der Waals surface area contributed by atoms with Gasteiger partial charge in [-0.3, -0.25) is 9.59 Å². The van der Waals surface area contributed by atoms with Crippen molar-refractivity contribution in [3.8, 4) is 0 Å². The summed E-state index contributed by atoms with van der Waals surface area (Å²) in [5.41, 5.74) is 2.16. The van der Waals surface area contributed by atoms with Crippen molar-refractivity contribution < 1.29 is 14.7 Å². The molecule has 1 aromatic rings. The van der Waals surface area contributed by atoms with Gasteiger partial charge in [-0.1, -0.05) is 0 Å². The van der Waals surface area contributed by atoms with E-state index in [-0.39, 0.29) is 6.61 Å². The number of ketones is 1. The van der Waals surface area contributed by atoms with Gasteiger partial charge in [0.25, 0.3) is 11.7 Å². The van der Waals surface area contributed by atoms with Gasteiger partial charge in [-0.2, -0.15) is 0 Å². The van der Waals surface area contributed by atoms with Crippen LogP contribution in [0.3, 0.4) is 0 Å². The number of aliphatic hydroxyl groups is 1. The van der Waals surface area contributed by atoms with Crippen molar-refractivity contribution in [2.75, 3.05) is 36.5 Å². The molecule has 19 heavy (non-hydrogen) atoms. The number of anilines is 2. The Labute approximate surface area is 111 Å². The first-order chi connectivity index (χ1) is 9.11. The van der Waals surface area contributed by atoms with Crippen LogP contribution in [0, 0.1) is 5.92 Å². The third kappa shape index (κ3) is 1.81. The molecule has 1 saturated heterocycles. The average molecular weight is 260 g/mol. The monoisotopic (exact) mass is 260 g/mol. The fraction of sp³-hybridized carbons (Fsp3) is 0.429. The van der Waals surface area contributed by atoms with Crippen molar-refractivity contribution in [3.63, 3.8) is 0 Å². The van der Waals surface area contributed by atoms with Crippen LogP contribution in [0.4, 0.5) is 11.4 Å². The highest BCUT2D eigenvalue weighted by Crippen LogP contribution is 2.33. The van der Waals surface area contributed by atoms with Crippen molar-refractivity contribution in [3.05, 3.63) is 23.8 Å². The van der Waals surface area contributed by atoms with Crippen LogP contribution in [0.2, 0.25) is 0 Å². The number of carbonyl (C=O) groups excluding carboxylic acids is 2. The van der Waals surface area contributed by atoms with Crippen LogP contribution < -0.4 is 9.80 Å². The number of nitrogens with zero attached hydrogens (tertiary/aromatic N) is 2. The van der Waals surface area contributed by atoms with Gasteiger partial charge in [0.1, 0.15) is 0 Å². The third-order valence-corrected chi connectivity index (χ3v) is 4.00. The molecule has 5 heteroatoms. The second-order valence-electron chi connectivity index (χ2n) is 5.18. The smallest absolute Gasteiger partial charge is 0.299 e. The molecule has 100 valence electrons. The molecule has 3 rings (SSSR count). The molecular weight excluding hydrogens is 244 g/mol. The van der Waals surface area contributed by atoms with Crippen LogP contribution in [0.5, 0.6) is 0 Å². The minimum atomic E-state index is -0.471. The number of rotatable bonds is 2. The number of likely N-dealkylation sites (N-methyl/N-ethyl adjacent to an activating group) is 1. The van der Waals surface area contributed by atoms with Crippen molar-refractivity contribution >= 4 is 23.1 Å². The van der Waals surface area contributed by atoms with Gasteiger partial charge in [0.15, 0.2) is 0 Å². The maximum Gasteiger partial charge on any atom is 0.299 e. The molecule has 0 bridgehead atoms. The predicted molar refractivity (Wildman–Crippen MR) is 71.6 cm³/mol. The summed E-state index contributed by atoms with van der Waals surface area (Å²) in [7, 11) is 1.62. The fourth-order valence-electron chi connectivity index (χ4n) is 2.78. The third-order valence-electron chi connectivity index (χ3n) is 4.00. The van der Waals surface area contributed by atoms with Crippen molar-refractivity contribution in [1.82, 2.24) is 0 Å². The van der Waals surface area contributed by atoms with Gasteiger partial charge in [-0.25, -0.2) is 0 Å². The van der Waals surface area contributed by atoms with Crippen LogP contribution in [-0.4, -0.2) is 43.5 Å². The minimum absolute atomic E-state index is 0.207. The molecule has 0 spiro atoms. The van der Waals surface area contributed by atoms with Crippen molar-refractivity contribution in [2.45, 2.75) is 6.42 Å². The van der Waals surface area contributed by atoms with Gasteiger partial charge in [-0.15, -0.1) is 0 Å². The summed E-state index contributed by atoms with van der Waals surface area (Å²) in [6.07, 6.45) is 0.973. The van der Waals surface area contributed by atoms with E-state index in [0.717, 1.165) is 25.2 Å². The van der Waals surface area contributed by atoms with E-state index in [1.807, 2.05) is 12.1 Å². The van der Waals surface area contributed by atoms with E-state index in [0.29, 0.717) is 17.2 Å². The number of Topliss-reactive ketones (excluding diaryl/α,β-unsaturated/α-hetero) is 1. The van der Waals surface area contributed by atoms with E-state index in [2.05, 4.69) is 4.90 Å². The predicted octanol–water partition coefficient (Wildman–Crippen LogP) is 0.664. The largest absolute Gasteiger partial charge is 0.396 e. The Bertz CT molecular complexity index is 556. The van der Waals surface area contributed by atoms with Crippen molar-refractivity contribution in [2.24, 2.45) is 5.92 Å². The second-order valence-corrected chi connectivity index (χ2v) is 5.18. The highest BCUT2D eigenvalue weighted by Gasteiger charge is 2.34. The zero-order valence-corrected chi connectivity index (χ0v) is 10.8. The first-order valence-electron chi connectivity index (χ1n) is 6.44. The van der Waals surface area contributed by atoms with E-state index < -0.39 is 11.7 Å². The highest BCUT2D eigenvalue weighted by molar-refractivity contribution is 6.52. The normalized spacial score (nSPS) is 22.3. The topological polar surface area (TPSA) is 60.9 Å². The number of hydrogen-bond donors (Lipinski definition) is 1. The summed E-state index contributed by atoms with van der Waals surface area (Å²) in [6.45, 7) is 1.93. The summed E-state index contributed by atoms with van der Waals surface area (Å²) < 4.78 is 0. The van der Waals surface area contributed by atoms with Gasteiger partial charge in [0, 0.05) is 38.3 Å². The molecule has 2 aliphatic rings. The number of amides is 1. The molecule has 1 amide bonds. The molecule has 1 fully saturated rings. The number of hydrogen-bond acceptors (Lipinski definition) is 4.